The van der Waals surface area contributed by atoms with Crippen LogP contribution >= 0.6 is 0 Å². The molecule has 1 aliphatic rings. The van der Waals surface area contributed by atoms with Gasteiger partial charge >= 0.3 is 0 Å². The zero-order valence-corrected chi connectivity index (χ0v) is 15.4. The van der Waals surface area contributed by atoms with Crippen LogP contribution in [0.2, 0.25) is 0 Å². The van der Waals surface area contributed by atoms with E-state index >= 15 is 0 Å². The fourth-order valence-electron chi connectivity index (χ4n) is 2.28. The van der Waals surface area contributed by atoms with Crippen molar-refractivity contribution in [1.29, 1.82) is 0 Å². The normalized spacial score (nSPS) is 17.8. The number of halogens is 2. The van der Waals surface area contributed by atoms with Crippen molar-refractivity contribution in [2.75, 3.05) is 51.6 Å². The Hall–Kier alpha value is -1.00. The standard InChI is InChI=1S/C14H28F2N4O3S/c1-4-17-14(18-11-13(15)16)19-5-7-20(8-6-19)24(21,22)10-9-23-12(2)3/h12-13H,4-11H2,1-3H3,(H,17,18). The molecule has 1 heterocycles. The van der Waals surface area contributed by atoms with Crippen LogP contribution in [0.25, 0.3) is 0 Å². The number of hydrogen-bond donors (Lipinski definition) is 1. The lowest BCUT2D eigenvalue weighted by Gasteiger charge is -2.35. The maximum absolute atomic E-state index is 12.3. The summed E-state index contributed by atoms with van der Waals surface area (Å²) in [6.07, 6.45) is -2.51. The zero-order valence-electron chi connectivity index (χ0n) is 14.5. The molecule has 7 nitrogen and oxygen atoms in total. The SMILES string of the molecule is CCNC(=NCC(F)F)N1CCN(S(=O)(=O)CCOC(C)C)CC1. The summed E-state index contributed by atoms with van der Waals surface area (Å²) < 4.78 is 55.9. The second-order valence-corrected chi connectivity index (χ2v) is 7.80. The van der Waals surface area contributed by atoms with Crippen LogP contribution in [-0.4, -0.2) is 87.7 Å². The molecule has 142 valence electrons. The van der Waals surface area contributed by atoms with Gasteiger partial charge in [-0.15, -0.1) is 0 Å². The van der Waals surface area contributed by atoms with E-state index < -0.39 is 23.0 Å². The van der Waals surface area contributed by atoms with Gasteiger partial charge in [-0.3, -0.25) is 0 Å². The maximum atomic E-state index is 12.3. The second-order valence-electron chi connectivity index (χ2n) is 5.71. The number of ether oxygens (including phenoxy) is 1. The Morgan fingerprint density at radius 2 is 1.88 bits per heavy atom. The number of piperazine rings is 1. The fourth-order valence-corrected chi connectivity index (χ4v) is 3.56. The Labute approximate surface area is 143 Å². The van der Waals surface area contributed by atoms with Gasteiger partial charge in [-0.05, 0) is 20.8 Å². The summed E-state index contributed by atoms with van der Waals surface area (Å²) in [5.74, 6) is 0.350. The third-order valence-corrected chi connectivity index (χ3v) is 5.27. The minimum absolute atomic E-state index is 0.00855. The number of guanidine groups is 1. The molecule has 1 fully saturated rings. The van der Waals surface area contributed by atoms with E-state index in [0.29, 0.717) is 38.7 Å². The molecule has 0 aromatic rings. The van der Waals surface area contributed by atoms with Crippen molar-refractivity contribution in [2.45, 2.75) is 33.3 Å². The molecular weight excluding hydrogens is 342 g/mol. The van der Waals surface area contributed by atoms with E-state index in [-0.39, 0.29) is 18.5 Å². The molecule has 0 atom stereocenters. The van der Waals surface area contributed by atoms with Crippen molar-refractivity contribution in [3.8, 4) is 0 Å². The predicted molar refractivity (Wildman–Crippen MR) is 90.0 cm³/mol. The smallest absolute Gasteiger partial charge is 0.257 e. The third kappa shape index (κ3) is 7.27. The van der Waals surface area contributed by atoms with E-state index in [1.807, 2.05) is 25.7 Å². The highest BCUT2D eigenvalue weighted by molar-refractivity contribution is 7.89. The van der Waals surface area contributed by atoms with Crippen molar-refractivity contribution in [3.05, 3.63) is 0 Å². The molecule has 0 saturated carbocycles. The summed E-state index contributed by atoms with van der Waals surface area (Å²) in [5, 5.41) is 2.96. The highest BCUT2D eigenvalue weighted by Gasteiger charge is 2.28. The number of rotatable bonds is 8. The van der Waals surface area contributed by atoms with Crippen LogP contribution in [0.3, 0.4) is 0 Å². The zero-order chi connectivity index (χ0) is 18.2. The highest BCUT2D eigenvalue weighted by Crippen LogP contribution is 2.09. The Bertz CT molecular complexity index is 492. The van der Waals surface area contributed by atoms with E-state index in [0.717, 1.165) is 0 Å². The van der Waals surface area contributed by atoms with Crippen molar-refractivity contribution >= 4 is 16.0 Å². The van der Waals surface area contributed by atoms with Crippen LogP contribution < -0.4 is 5.32 Å². The molecule has 1 N–H and O–H groups in total. The van der Waals surface area contributed by atoms with E-state index in [2.05, 4.69) is 10.3 Å². The van der Waals surface area contributed by atoms with E-state index in [9.17, 15) is 17.2 Å². The molecule has 0 unspecified atom stereocenters. The molecule has 1 aliphatic heterocycles. The summed E-state index contributed by atoms with van der Waals surface area (Å²) in [5.41, 5.74) is 0. The lowest BCUT2D eigenvalue weighted by atomic mass is 10.4. The third-order valence-electron chi connectivity index (χ3n) is 3.44. The summed E-state index contributed by atoms with van der Waals surface area (Å²) in [4.78, 5) is 5.69. The van der Waals surface area contributed by atoms with Gasteiger partial charge in [0.15, 0.2) is 5.96 Å². The molecule has 0 aromatic carbocycles. The summed E-state index contributed by atoms with van der Waals surface area (Å²) in [7, 11) is -3.36. The van der Waals surface area contributed by atoms with E-state index in [1.54, 1.807) is 0 Å². The molecule has 1 rings (SSSR count). The van der Waals surface area contributed by atoms with E-state index in [1.165, 1.54) is 4.31 Å². The van der Waals surface area contributed by atoms with Crippen LogP contribution in [-0.2, 0) is 14.8 Å². The van der Waals surface area contributed by atoms with Crippen molar-refractivity contribution in [1.82, 2.24) is 14.5 Å². The summed E-state index contributed by atoms with van der Waals surface area (Å²) >= 11 is 0. The van der Waals surface area contributed by atoms with E-state index in [4.69, 9.17) is 4.74 Å². The first-order valence-electron chi connectivity index (χ1n) is 8.17. The number of sulfonamides is 1. The topological polar surface area (TPSA) is 74.2 Å². The minimum Gasteiger partial charge on any atom is -0.378 e. The number of nitrogens with zero attached hydrogens (tertiary/aromatic N) is 3. The first kappa shape index (κ1) is 21.0. The van der Waals surface area contributed by atoms with Crippen molar-refractivity contribution in [3.63, 3.8) is 0 Å². The molecule has 0 amide bonds. The monoisotopic (exact) mass is 370 g/mol. The lowest BCUT2D eigenvalue weighted by molar-refractivity contribution is 0.0904. The fraction of sp³-hybridized carbons (Fsp3) is 0.929. The van der Waals surface area contributed by atoms with Crippen molar-refractivity contribution < 1.29 is 21.9 Å². The number of hydrogen-bond acceptors (Lipinski definition) is 4. The first-order valence-corrected chi connectivity index (χ1v) is 9.78. The van der Waals surface area contributed by atoms with Gasteiger partial charge in [-0.2, -0.15) is 4.31 Å². The molecule has 0 radical (unpaired) electrons. The predicted octanol–water partition coefficient (Wildman–Crippen LogP) is 0.589. The molecule has 0 aliphatic carbocycles. The first-order chi connectivity index (χ1) is 11.3. The van der Waals surface area contributed by atoms with Gasteiger partial charge in [0, 0.05) is 32.7 Å². The average molecular weight is 370 g/mol. The van der Waals surface area contributed by atoms with Gasteiger partial charge in [-0.25, -0.2) is 22.2 Å². The number of aliphatic imine (C=N–C) groups is 1. The van der Waals surface area contributed by atoms with Gasteiger partial charge in [0.2, 0.25) is 10.0 Å². The van der Waals surface area contributed by atoms with Crippen LogP contribution in [0.15, 0.2) is 4.99 Å². The van der Waals surface area contributed by atoms with Crippen LogP contribution in [0.1, 0.15) is 20.8 Å². The lowest BCUT2D eigenvalue weighted by Crippen LogP contribution is -2.54. The van der Waals surface area contributed by atoms with Gasteiger partial charge in [-0.1, -0.05) is 0 Å². The van der Waals surface area contributed by atoms with Gasteiger partial charge in [0.1, 0.15) is 6.54 Å². The molecule has 0 aromatic heterocycles. The largest absolute Gasteiger partial charge is 0.378 e. The Balaban J connectivity index is 2.56. The highest BCUT2D eigenvalue weighted by atomic mass is 32.2. The Morgan fingerprint density at radius 1 is 1.25 bits per heavy atom. The maximum Gasteiger partial charge on any atom is 0.257 e. The van der Waals surface area contributed by atoms with Gasteiger partial charge in [0.05, 0.1) is 18.5 Å². The number of alkyl halides is 2. The van der Waals surface area contributed by atoms with Gasteiger partial charge < -0.3 is 15.0 Å². The Kier molecular flexibility index (Phi) is 8.85. The Morgan fingerprint density at radius 3 is 2.38 bits per heavy atom. The molecule has 0 bridgehead atoms. The van der Waals surface area contributed by atoms with Gasteiger partial charge in [0.25, 0.3) is 6.43 Å². The summed E-state index contributed by atoms with van der Waals surface area (Å²) in [6, 6.07) is 0. The second kappa shape index (κ2) is 10.1. The summed E-state index contributed by atoms with van der Waals surface area (Å²) in [6.45, 7) is 7.18. The average Bonchev–Trinajstić information content (AvgIpc) is 2.51. The minimum atomic E-state index is -3.36. The van der Waals surface area contributed by atoms with Crippen LogP contribution in [0, 0.1) is 0 Å². The van der Waals surface area contributed by atoms with Crippen LogP contribution in [0.5, 0.6) is 0 Å². The molecular formula is C14H28F2N4O3S. The molecule has 10 heteroatoms. The van der Waals surface area contributed by atoms with Crippen molar-refractivity contribution in [2.24, 2.45) is 4.99 Å². The molecule has 1 saturated heterocycles. The number of nitrogens with one attached hydrogen (secondary N) is 1. The molecule has 24 heavy (non-hydrogen) atoms. The molecule has 0 spiro atoms. The quantitative estimate of drug-likeness (QED) is 0.500. The van der Waals surface area contributed by atoms with Crippen LogP contribution in [0.4, 0.5) is 8.78 Å².